The number of hydrogen-bond donors (Lipinski definition) is 0. The Bertz CT molecular complexity index is 302. The Morgan fingerprint density at radius 2 is 2.50 bits per heavy atom. The first kappa shape index (κ1) is 10.7. The molecule has 1 aromatic rings. The number of hydrogen-bond acceptors (Lipinski definition) is 2. The zero-order chi connectivity index (χ0) is 10.0. The highest BCUT2D eigenvalue weighted by Gasteiger charge is 2.34. The van der Waals surface area contributed by atoms with E-state index in [2.05, 4.69) is 34.3 Å². The molecule has 78 valence electrons. The molecule has 1 aliphatic heterocycles. The number of halogens is 1. The van der Waals surface area contributed by atoms with Gasteiger partial charge >= 0.3 is 0 Å². The molecule has 1 saturated heterocycles. The second kappa shape index (κ2) is 4.33. The molecule has 2 rings (SSSR count). The summed E-state index contributed by atoms with van der Waals surface area (Å²) in [7, 11) is 0. The van der Waals surface area contributed by atoms with E-state index < -0.39 is 0 Å². The summed E-state index contributed by atoms with van der Waals surface area (Å²) in [6.07, 6.45) is 2.34. The van der Waals surface area contributed by atoms with Crippen molar-refractivity contribution in [1.82, 2.24) is 0 Å². The van der Waals surface area contributed by atoms with Gasteiger partial charge in [-0.1, -0.05) is 15.9 Å². The molecule has 1 aliphatic rings. The Kier molecular flexibility index (Phi) is 3.30. The topological polar surface area (TPSA) is 9.23 Å². The third-order valence-electron chi connectivity index (χ3n) is 2.83. The van der Waals surface area contributed by atoms with Gasteiger partial charge in [0.25, 0.3) is 0 Å². The third kappa shape index (κ3) is 2.20. The van der Waals surface area contributed by atoms with Gasteiger partial charge < -0.3 is 4.74 Å². The van der Waals surface area contributed by atoms with Gasteiger partial charge in [-0.15, -0.1) is 11.3 Å². The van der Waals surface area contributed by atoms with Crippen molar-refractivity contribution in [3.63, 3.8) is 0 Å². The molecule has 1 fully saturated rings. The lowest BCUT2D eigenvalue weighted by Crippen LogP contribution is -2.25. The van der Waals surface area contributed by atoms with Gasteiger partial charge in [-0.3, -0.25) is 0 Å². The molecule has 0 bridgehead atoms. The van der Waals surface area contributed by atoms with Gasteiger partial charge in [-0.25, -0.2) is 0 Å². The van der Waals surface area contributed by atoms with Crippen LogP contribution < -0.4 is 0 Å². The molecule has 2 heterocycles. The van der Waals surface area contributed by atoms with E-state index in [4.69, 9.17) is 4.74 Å². The van der Waals surface area contributed by atoms with Crippen LogP contribution in [0.1, 0.15) is 16.9 Å². The second-order valence-corrected chi connectivity index (χ2v) is 5.85. The first-order valence-electron chi connectivity index (χ1n) is 4.92. The molecule has 0 aliphatic carbocycles. The van der Waals surface area contributed by atoms with E-state index >= 15 is 0 Å². The van der Waals surface area contributed by atoms with Crippen LogP contribution in [0.4, 0.5) is 0 Å². The summed E-state index contributed by atoms with van der Waals surface area (Å²) < 4.78 is 5.50. The lowest BCUT2D eigenvalue weighted by atomic mass is 9.84. The van der Waals surface area contributed by atoms with Crippen molar-refractivity contribution in [1.29, 1.82) is 0 Å². The van der Waals surface area contributed by atoms with Crippen LogP contribution in [-0.2, 0) is 11.2 Å². The zero-order valence-electron chi connectivity index (χ0n) is 8.38. The molecule has 0 radical (unpaired) electrons. The molecule has 0 amide bonds. The summed E-state index contributed by atoms with van der Waals surface area (Å²) in [4.78, 5) is 1.41. The smallest absolute Gasteiger partial charge is 0.0534 e. The van der Waals surface area contributed by atoms with E-state index in [0.717, 1.165) is 25.0 Å². The van der Waals surface area contributed by atoms with Crippen molar-refractivity contribution in [2.75, 3.05) is 18.5 Å². The molecule has 1 nitrogen and oxygen atoms in total. The molecule has 0 N–H and O–H groups in total. The molecule has 0 aromatic carbocycles. The normalized spacial score (nSPS) is 27.0. The number of thiophene rings is 1. The van der Waals surface area contributed by atoms with E-state index in [9.17, 15) is 0 Å². The maximum absolute atomic E-state index is 5.50. The Morgan fingerprint density at radius 3 is 3.00 bits per heavy atom. The van der Waals surface area contributed by atoms with Crippen molar-refractivity contribution in [3.8, 4) is 0 Å². The van der Waals surface area contributed by atoms with Crippen molar-refractivity contribution in [2.24, 2.45) is 5.41 Å². The summed E-state index contributed by atoms with van der Waals surface area (Å²) in [5.41, 5.74) is 1.82. The van der Waals surface area contributed by atoms with Crippen LogP contribution in [0, 0.1) is 12.3 Å². The fraction of sp³-hybridized carbons (Fsp3) is 0.636. The van der Waals surface area contributed by atoms with Gasteiger partial charge in [0.05, 0.1) is 6.61 Å². The Balaban J connectivity index is 2.08. The van der Waals surface area contributed by atoms with E-state index in [-0.39, 0.29) is 0 Å². The minimum Gasteiger partial charge on any atom is -0.381 e. The number of rotatable bonds is 3. The number of aryl methyl sites for hydroxylation is 1. The maximum Gasteiger partial charge on any atom is 0.0534 e. The van der Waals surface area contributed by atoms with E-state index in [1.807, 2.05) is 11.3 Å². The lowest BCUT2D eigenvalue weighted by Gasteiger charge is -2.23. The van der Waals surface area contributed by atoms with Crippen molar-refractivity contribution >= 4 is 27.3 Å². The predicted octanol–water partition coefficient (Wildman–Crippen LogP) is 3.40. The molecule has 1 aromatic heterocycles. The monoisotopic (exact) mass is 274 g/mol. The molecule has 1 atom stereocenters. The fourth-order valence-electron chi connectivity index (χ4n) is 1.97. The largest absolute Gasteiger partial charge is 0.381 e. The third-order valence-corrected chi connectivity index (χ3v) is 4.93. The Hall–Kier alpha value is 0.140. The molecular formula is C11H15BrOS. The van der Waals surface area contributed by atoms with Crippen LogP contribution in [0.15, 0.2) is 11.4 Å². The molecule has 14 heavy (non-hydrogen) atoms. The number of alkyl halides is 1. The van der Waals surface area contributed by atoms with E-state index in [1.54, 1.807) is 0 Å². The van der Waals surface area contributed by atoms with Gasteiger partial charge in [0.15, 0.2) is 0 Å². The van der Waals surface area contributed by atoms with Crippen LogP contribution in [0.2, 0.25) is 0 Å². The highest BCUT2D eigenvalue weighted by Crippen LogP contribution is 2.35. The second-order valence-electron chi connectivity index (χ2n) is 4.18. The maximum atomic E-state index is 5.50. The SMILES string of the molecule is Cc1cc(CC2(CBr)CCOC2)cs1. The highest BCUT2D eigenvalue weighted by atomic mass is 79.9. The summed E-state index contributed by atoms with van der Waals surface area (Å²) in [6.45, 7) is 4.00. The summed E-state index contributed by atoms with van der Waals surface area (Å²) in [5, 5.41) is 3.33. The van der Waals surface area contributed by atoms with E-state index in [1.165, 1.54) is 16.9 Å². The zero-order valence-corrected chi connectivity index (χ0v) is 10.8. The summed E-state index contributed by atoms with van der Waals surface area (Å²) >= 11 is 5.46. The van der Waals surface area contributed by atoms with Crippen LogP contribution in [0.5, 0.6) is 0 Å². The minimum atomic E-state index is 0.355. The quantitative estimate of drug-likeness (QED) is 0.768. The molecule has 0 saturated carbocycles. The van der Waals surface area contributed by atoms with Gasteiger partial charge in [0.2, 0.25) is 0 Å². The van der Waals surface area contributed by atoms with Gasteiger partial charge in [0, 0.05) is 22.2 Å². The van der Waals surface area contributed by atoms with Crippen molar-refractivity contribution in [3.05, 3.63) is 21.9 Å². The first-order chi connectivity index (χ1) is 6.74. The lowest BCUT2D eigenvalue weighted by molar-refractivity contribution is 0.162. The molecule has 3 heteroatoms. The van der Waals surface area contributed by atoms with Crippen LogP contribution in [0.3, 0.4) is 0 Å². The highest BCUT2D eigenvalue weighted by molar-refractivity contribution is 9.09. The average molecular weight is 275 g/mol. The average Bonchev–Trinajstić information content (AvgIpc) is 2.77. The van der Waals surface area contributed by atoms with Crippen molar-refractivity contribution in [2.45, 2.75) is 19.8 Å². The number of ether oxygens (including phenoxy) is 1. The standard InChI is InChI=1S/C11H15BrOS/c1-9-4-10(6-14-9)5-11(7-12)2-3-13-8-11/h4,6H,2-3,5,7-8H2,1H3. The van der Waals surface area contributed by atoms with Crippen LogP contribution in [0.25, 0.3) is 0 Å². The molecule has 0 spiro atoms. The van der Waals surface area contributed by atoms with Gasteiger partial charge in [0.1, 0.15) is 0 Å². The molecular weight excluding hydrogens is 260 g/mol. The van der Waals surface area contributed by atoms with Gasteiger partial charge in [-0.2, -0.15) is 0 Å². The molecule has 1 unspecified atom stereocenters. The first-order valence-corrected chi connectivity index (χ1v) is 6.92. The van der Waals surface area contributed by atoms with E-state index in [0.29, 0.717) is 5.41 Å². The predicted molar refractivity (Wildman–Crippen MR) is 64.4 cm³/mol. The summed E-state index contributed by atoms with van der Waals surface area (Å²) in [6, 6.07) is 2.30. The van der Waals surface area contributed by atoms with Crippen LogP contribution in [-0.4, -0.2) is 18.5 Å². The fourth-order valence-corrected chi connectivity index (χ4v) is 3.31. The van der Waals surface area contributed by atoms with Crippen molar-refractivity contribution < 1.29 is 4.74 Å². The Morgan fingerprint density at radius 1 is 1.64 bits per heavy atom. The summed E-state index contributed by atoms with van der Waals surface area (Å²) in [5.74, 6) is 0. The van der Waals surface area contributed by atoms with Crippen LogP contribution >= 0.6 is 27.3 Å². The Labute approximate surface area is 97.6 Å². The van der Waals surface area contributed by atoms with Gasteiger partial charge in [-0.05, 0) is 36.8 Å². The minimum absolute atomic E-state index is 0.355.